The Morgan fingerprint density at radius 3 is 2.78 bits per heavy atom. The Bertz CT molecular complexity index is 686. The van der Waals surface area contributed by atoms with Crippen LogP contribution in [0.15, 0.2) is 35.4 Å². The summed E-state index contributed by atoms with van der Waals surface area (Å²) in [4.78, 5) is 13.2. The molecule has 1 unspecified atom stereocenters. The third-order valence-corrected chi connectivity index (χ3v) is 5.76. The number of ether oxygens (including phenoxy) is 1. The van der Waals surface area contributed by atoms with E-state index < -0.39 is 0 Å². The van der Waals surface area contributed by atoms with Crippen LogP contribution in [0.25, 0.3) is 11.3 Å². The first-order valence-electron chi connectivity index (χ1n) is 10.1. The normalized spacial score (nSPS) is 12.1. The highest BCUT2D eigenvalue weighted by Gasteiger charge is 2.11. The number of hydrogen-bond donors (Lipinski definition) is 1. The summed E-state index contributed by atoms with van der Waals surface area (Å²) in [5.41, 5.74) is 3.44. The zero-order valence-electron chi connectivity index (χ0n) is 16.8. The average molecular weight is 389 g/mol. The van der Waals surface area contributed by atoms with Crippen LogP contribution >= 0.6 is 11.8 Å². The first kappa shape index (κ1) is 21.5. The lowest BCUT2D eigenvalue weighted by Crippen LogP contribution is -2.14. The summed E-state index contributed by atoms with van der Waals surface area (Å²) in [7, 11) is 0. The number of aryl methyl sites for hydroxylation is 1. The van der Waals surface area contributed by atoms with Gasteiger partial charge in [-0.05, 0) is 48.6 Å². The Hall–Kier alpha value is -1.75. The molecule has 1 aromatic heterocycles. The van der Waals surface area contributed by atoms with Crippen LogP contribution in [0.1, 0.15) is 58.4 Å². The Balaban J connectivity index is 1.82. The SMILES string of the molecule is CCCCC(CC)COC(=O)CCSc1cc(CC)cc(-c2ccn[nH]2)c1. The zero-order chi connectivity index (χ0) is 19.5. The van der Waals surface area contributed by atoms with Gasteiger partial charge in [-0.25, -0.2) is 0 Å². The molecule has 0 aliphatic heterocycles. The number of carbonyl (C=O) groups excluding carboxylic acids is 1. The molecule has 0 amide bonds. The van der Waals surface area contributed by atoms with Gasteiger partial charge in [0.1, 0.15) is 0 Å². The first-order valence-corrected chi connectivity index (χ1v) is 11.1. The lowest BCUT2D eigenvalue weighted by Gasteiger charge is -2.14. The molecule has 0 spiro atoms. The van der Waals surface area contributed by atoms with Crippen molar-refractivity contribution in [1.82, 2.24) is 10.2 Å². The smallest absolute Gasteiger partial charge is 0.306 e. The number of nitrogens with zero attached hydrogens (tertiary/aromatic N) is 1. The van der Waals surface area contributed by atoms with E-state index in [-0.39, 0.29) is 5.97 Å². The van der Waals surface area contributed by atoms with E-state index >= 15 is 0 Å². The number of esters is 1. The number of nitrogens with one attached hydrogen (secondary N) is 1. The minimum Gasteiger partial charge on any atom is -0.465 e. The van der Waals surface area contributed by atoms with Gasteiger partial charge in [-0.15, -0.1) is 11.8 Å². The third kappa shape index (κ3) is 7.41. The van der Waals surface area contributed by atoms with Crippen LogP contribution in [-0.2, 0) is 16.0 Å². The summed E-state index contributed by atoms with van der Waals surface area (Å²) in [5.74, 6) is 1.15. The van der Waals surface area contributed by atoms with Gasteiger partial charge in [0.25, 0.3) is 0 Å². The number of unbranched alkanes of at least 4 members (excludes halogenated alkanes) is 1. The van der Waals surface area contributed by atoms with Crippen molar-refractivity contribution < 1.29 is 9.53 Å². The number of aromatic amines is 1. The Kier molecular flexibility index (Phi) is 9.46. The van der Waals surface area contributed by atoms with Gasteiger partial charge in [-0.1, -0.05) is 40.0 Å². The van der Waals surface area contributed by atoms with Gasteiger partial charge in [-0.3, -0.25) is 9.89 Å². The monoisotopic (exact) mass is 388 g/mol. The van der Waals surface area contributed by atoms with E-state index in [9.17, 15) is 4.79 Å². The predicted molar refractivity (Wildman–Crippen MR) is 113 cm³/mol. The van der Waals surface area contributed by atoms with Gasteiger partial charge in [-0.2, -0.15) is 5.10 Å². The van der Waals surface area contributed by atoms with Crippen LogP contribution in [-0.4, -0.2) is 28.5 Å². The summed E-state index contributed by atoms with van der Waals surface area (Å²) in [6.45, 7) is 7.08. The third-order valence-electron chi connectivity index (χ3n) is 4.78. The van der Waals surface area contributed by atoms with Crippen LogP contribution in [0.4, 0.5) is 0 Å². The molecule has 1 atom stereocenters. The van der Waals surface area contributed by atoms with Gasteiger partial charge in [0.05, 0.1) is 18.7 Å². The number of carbonyl (C=O) groups is 1. The fraction of sp³-hybridized carbons (Fsp3) is 0.545. The molecule has 0 aliphatic rings. The quantitative estimate of drug-likeness (QED) is 0.364. The Labute approximate surface area is 167 Å². The molecule has 27 heavy (non-hydrogen) atoms. The molecule has 0 bridgehead atoms. The molecule has 0 saturated heterocycles. The lowest BCUT2D eigenvalue weighted by atomic mass is 10.0. The van der Waals surface area contributed by atoms with Crippen molar-refractivity contribution in [3.8, 4) is 11.3 Å². The largest absolute Gasteiger partial charge is 0.465 e. The lowest BCUT2D eigenvalue weighted by molar-refractivity contribution is -0.144. The molecule has 1 heterocycles. The number of aromatic nitrogens is 2. The molecular formula is C22H32N2O2S. The summed E-state index contributed by atoms with van der Waals surface area (Å²) < 4.78 is 5.49. The second kappa shape index (κ2) is 11.9. The number of H-pyrrole nitrogens is 1. The van der Waals surface area contributed by atoms with Gasteiger partial charge in [0.15, 0.2) is 0 Å². The maximum absolute atomic E-state index is 12.1. The average Bonchev–Trinajstić information content (AvgIpc) is 3.23. The second-order valence-electron chi connectivity index (χ2n) is 6.89. The number of thioether (sulfide) groups is 1. The van der Waals surface area contributed by atoms with E-state index in [2.05, 4.69) is 49.2 Å². The highest BCUT2D eigenvalue weighted by atomic mass is 32.2. The van der Waals surface area contributed by atoms with Crippen molar-refractivity contribution in [2.75, 3.05) is 12.4 Å². The molecular weight excluding hydrogens is 356 g/mol. The van der Waals surface area contributed by atoms with Gasteiger partial charge in [0, 0.05) is 22.4 Å². The molecule has 0 saturated carbocycles. The van der Waals surface area contributed by atoms with E-state index in [0.717, 1.165) is 36.3 Å². The Morgan fingerprint density at radius 2 is 2.11 bits per heavy atom. The zero-order valence-corrected chi connectivity index (χ0v) is 17.6. The molecule has 0 radical (unpaired) electrons. The summed E-state index contributed by atoms with van der Waals surface area (Å²) in [6.07, 6.45) is 7.81. The topological polar surface area (TPSA) is 55.0 Å². The predicted octanol–water partition coefficient (Wildman–Crippen LogP) is 5.88. The van der Waals surface area contributed by atoms with E-state index in [4.69, 9.17) is 4.74 Å². The van der Waals surface area contributed by atoms with Crippen LogP contribution in [0.3, 0.4) is 0 Å². The maximum atomic E-state index is 12.1. The van der Waals surface area contributed by atoms with E-state index in [1.807, 2.05) is 6.07 Å². The minimum atomic E-state index is -0.0853. The van der Waals surface area contributed by atoms with Gasteiger partial charge >= 0.3 is 5.97 Å². The van der Waals surface area contributed by atoms with Crippen molar-refractivity contribution in [2.24, 2.45) is 5.92 Å². The minimum absolute atomic E-state index is 0.0853. The number of hydrogen-bond acceptors (Lipinski definition) is 4. The van der Waals surface area contributed by atoms with Crippen molar-refractivity contribution in [3.05, 3.63) is 36.0 Å². The van der Waals surface area contributed by atoms with Crippen LogP contribution in [0, 0.1) is 5.92 Å². The molecule has 5 heteroatoms. The van der Waals surface area contributed by atoms with E-state index in [1.54, 1.807) is 18.0 Å². The molecule has 2 aromatic rings. The van der Waals surface area contributed by atoms with Crippen molar-refractivity contribution in [3.63, 3.8) is 0 Å². The molecule has 1 N–H and O–H groups in total. The van der Waals surface area contributed by atoms with Crippen LogP contribution < -0.4 is 0 Å². The maximum Gasteiger partial charge on any atom is 0.306 e. The molecule has 2 rings (SSSR count). The fourth-order valence-corrected chi connectivity index (χ4v) is 3.90. The van der Waals surface area contributed by atoms with Crippen molar-refractivity contribution >= 4 is 17.7 Å². The fourth-order valence-electron chi connectivity index (χ4n) is 2.95. The van der Waals surface area contributed by atoms with Crippen molar-refractivity contribution in [1.29, 1.82) is 0 Å². The van der Waals surface area contributed by atoms with Crippen LogP contribution in [0.2, 0.25) is 0 Å². The molecule has 148 valence electrons. The summed E-state index contributed by atoms with van der Waals surface area (Å²) in [5, 5.41) is 7.06. The first-order chi connectivity index (χ1) is 13.2. The molecule has 1 aromatic carbocycles. The van der Waals surface area contributed by atoms with Crippen LogP contribution in [0.5, 0.6) is 0 Å². The Morgan fingerprint density at radius 1 is 1.26 bits per heavy atom. The number of benzene rings is 1. The summed E-state index contributed by atoms with van der Waals surface area (Å²) in [6, 6.07) is 8.52. The van der Waals surface area contributed by atoms with Crippen molar-refractivity contribution in [2.45, 2.75) is 64.2 Å². The highest BCUT2D eigenvalue weighted by molar-refractivity contribution is 7.99. The van der Waals surface area contributed by atoms with E-state index in [0.29, 0.717) is 18.9 Å². The molecule has 4 nitrogen and oxygen atoms in total. The highest BCUT2D eigenvalue weighted by Crippen LogP contribution is 2.27. The standard InChI is InChI=1S/C22H32N2O2S/c1-4-7-8-17(5-2)16-26-22(25)10-12-27-20-14-18(6-3)13-19(15-20)21-9-11-23-24-21/h9,11,13-15,17H,4-8,10,12,16H2,1-3H3,(H,23,24). The van der Waals surface area contributed by atoms with Gasteiger partial charge < -0.3 is 4.74 Å². The number of rotatable bonds is 12. The second-order valence-corrected chi connectivity index (χ2v) is 8.06. The molecule has 0 aliphatic carbocycles. The molecule has 0 fully saturated rings. The van der Waals surface area contributed by atoms with E-state index in [1.165, 1.54) is 23.3 Å². The summed E-state index contributed by atoms with van der Waals surface area (Å²) >= 11 is 1.71. The van der Waals surface area contributed by atoms with Gasteiger partial charge in [0.2, 0.25) is 0 Å².